The molecule has 0 aromatic heterocycles. The highest BCUT2D eigenvalue weighted by atomic mass is 32.2. The molecule has 0 bridgehead atoms. The third-order valence-electron chi connectivity index (χ3n) is 7.14. The van der Waals surface area contributed by atoms with Crippen molar-refractivity contribution in [2.24, 2.45) is 0 Å². The molecule has 23 heteroatoms. The van der Waals surface area contributed by atoms with Crippen molar-refractivity contribution in [1.82, 2.24) is 0 Å². The molecule has 0 aliphatic rings. The molecular weight excluding hydrogens is 864 g/mol. The fraction of sp³-hybridized carbons (Fsp3) is 1.00. The van der Waals surface area contributed by atoms with E-state index in [1.165, 1.54) is 0 Å². The lowest BCUT2D eigenvalue weighted by Crippen LogP contribution is -2.15. The van der Waals surface area contributed by atoms with E-state index in [0.717, 1.165) is 12.3 Å². The summed E-state index contributed by atoms with van der Waals surface area (Å²) in [5.41, 5.74) is 0. The fourth-order valence-electron chi connectivity index (χ4n) is 4.14. The SMILES string of the molecule is OCCOCCOCCOCCOCCOCCOCCOCCOCCOCCOSOCCOCCOCCOCCOCCOCCOCCOCCOCCOCCO. The van der Waals surface area contributed by atoms with Gasteiger partial charge in [0.15, 0.2) is 12.3 Å². The van der Waals surface area contributed by atoms with Crippen LogP contribution in [0.1, 0.15) is 0 Å². The highest BCUT2D eigenvalue weighted by Crippen LogP contribution is 2.03. The Balaban J connectivity index is 3.06. The Hall–Kier alpha value is -0.530. The first-order chi connectivity index (χ1) is 31.4. The van der Waals surface area contributed by atoms with Crippen molar-refractivity contribution in [3.8, 4) is 0 Å². The molecule has 0 radical (unpaired) electrons. The van der Waals surface area contributed by atoms with Gasteiger partial charge in [-0.1, -0.05) is 0 Å². The maximum absolute atomic E-state index is 8.60. The van der Waals surface area contributed by atoms with Crippen molar-refractivity contribution >= 4 is 12.3 Å². The molecule has 22 nitrogen and oxygen atoms in total. The maximum atomic E-state index is 8.60. The first kappa shape index (κ1) is 62.5. The average molecular weight is 947 g/mol. The van der Waals surface area contributed by atoms with Crippen LogP contribution in [0.15, 0.2) is 0 Å². The number of aliphatic hydroxyl groups is 2. The molecule has 0 aromatic carbocycles. The number of aliphatic hydroxyl groups excluding tert-OH is 2. The monoisotopic (exact) mass is 947 g/mol. The number of hydrogen-bond donors (Lipinski definition) is 2. The van der Waals surface area contributed by atoms with Gasteiger partial charge >= 0.3 is 0 Å². The number of ether oxygens (including phenoxy) is 18. The van der Waals surface area contributed by atoms with Gasteiger partial charge in [0.25, 0.3) is 0 Å². The van der Waals surface area contributed by atoms with E-state index in [1.807, 2.05) is 0 Å². The maximum Gasteiger partial charge on any atom is 0.158 e. The van der Waals surface area contributed by atoms with E-state index in [2.05, 4.69) is 0 Å². The van der Waals surface area contributed by atoms with Crippen LogP contribution in [0.3, 0.4) is 0 Å². The summed E-state index contributed by atoms with van der Waals surface area (Å²) in [4.78, 5) is 0. The van der Waals surface area contributed by atoms with Gasteiger partial charge in [-0.15, -0.1) is 0 Å². The van der Waals surface area contributed by atoms with Crippen molar-refractivity contribution in [2.45, 2.75) is 0 Å². The van der Waals surface area contributed by atoms with E-state index in [4.69, 9.17) is 104 Å². The van der Waals surface area contributed by atoms with Crippen molar-refractivity contribution in [1.29, 1.82) is 0 Å². The third kappa shape index (κ3) is 61.5. The summed E-state index contributed by atoms with van der Waals surface area (Å²) >= 11 is 0.916. The van der Waals surface area contributed by atoms with Crippen LogP contribution in [0.25, 0.3) is 0 Å². The summed E-state index contributed by atoms with van der Waals surface area (Å²) in [5.74, 6) is 0. The fourth-order valence-corrected chi connectivity index (χ4v) is 4.48. The molecule has 380 valence electrons. The predicted molar refractivity (Wildman–Crippen MR) is 228 cm³/mol. The molecule has 0 spiro atoms. The van der Waals surface area contributed by atoms with Gasteiger partial charge < -0.3 is 95.5 Å². The second-order valence-electron chi connectivity index (χ2n) is 12.2. The average Bonchev–Trinajstić information content (AvgIpc) is 3.29. The first-order valence-corrected chi connectivity index (χ1v) is 22.6. The van der Waals surface area contributed by atoms with Gasteiger partial charge in [0.2, 0.25) is 0 Å². The van der Waals surface area contributed by atoms with Crippen molar-refractivity contribution in [2.75, 3.05) is 264 Å². The van der Waals surface area contributed by atoms with E-state index in [0.29, 0.717) is 251 Å². The summed E-state index contributed by atoms with van der Waals surface area (Å²) in [6.07, 6.45) is 0. The van der Waals surface area contributed by atoms with E-state index in [1.54, 1.807) is 0 Å². The summed E-state index contributed by atoms with van der Waals surface area (Å²) < 4.78 is 108. The van der Waals surface area contributed by atoms with Gasteiger partial charge in [0, 0.05) is 0 Å². The molecule has 0 unspecified atom stereocenters. The predicted octanol–water partition coefficient (Wildman–Crippen LogP) is -0.134. The van der Waals surface area contributed by atoms with Crippen LogP contribution in [0.2, 0.25) is 0 Å². The molecule has 0 saturated heterocycles. The van der Waals surface area contributed by atoms with Crippen molar-refractivity contribution < 1.29 is 104 Å². The van der Waals surface area contributed by atoms with Crippen LogP contribution < -0.4 is 0 Å². The van der Waals surface area contributed by atoms with Gasteiger partial charge in [-0.3, -0.25) is 8.37 Å². The lowest BCUT2D eigenvalue weighted by atomic mass is 10.6. The Bertz CT molecular complexity index is 729. The molecule has 2 N–H and O–H groups in total. The van der Waals surface area contributed by atoms with Crippen molar-refractivity contribution in [3.63, 3.8) is 0 Å². The summed E-state index contributed by atoms with van der Waals surface area (Å²) in [6.45, 7) is 17.8. The van der Waals surface area contributed by atoms with E-state index < -0.39 is 0 Å². The van der Waals surface area contributed by atoms with Crippen LogP contribution in [0, 0.1) is 0 Å². The molecule has 0 rings (SSSR count). The molecule has 0 aliphatic carbocycles. The Kier molecular flexibility index (Phi) is 61.0. The van der Waals surface area contributed by atoms with Gasteiger partial charge in [-0.05, 0) is 0 Å². The molecule has 0 aromatic rings. The van der Waals surface area contributed by atoms with E-state index in [-0.39, 0.29) is 13.2 Å². The molecule has 0 heterocycles. The zero-order valence-corrected chi connectivity index (χ0v) is 38.6. The van der Waals surface area contributed by atoms with Crippen LogP contribution in [-0.2, 0) is 93.6 Å². The van der Waals surface area contributed by atoms with E-state index >= 15 is 0 Å². The van der Waals surface area contributed by atoms with E-state index in [9.17, 15) is 0 Å². The Morgan fingerprint density at radius 3 is 0.397 bits per heavy atom. The normalized spacial score (nSPS) is 11.7. The topological polar surface area (TPSA) is 225 Å². The Labute approximate surface area is 379 Å². The molecule has 0 saturated carbocycles. The Morgan fingerprint density at radius 1 is 0.159 bits per heavy atom. The smallest absolute Gasteiger partial charge is 0.158 e. The minimum atomic E-state index is 0.0183. The Morgan fingerprint density at radius 2 is 0.270 bits per heavy atom. The summed E-state index contributed by atoms with van der Waals surface area (Å²) in [5, 5.41) is 17.2. The van der Waals surface area contributed by atoms with Gasteiger partial charge in [0.1, 0.15) is 0 Å². The molecule has 0 atom stereocenters. The van der Waals surface area contributed by atoms with Crippen molar-refractivity contribution in [3.05, 3.63) is 0 Å². The second kappa shape index (κ2) is 61.5. The number of rotatable bonds is 60. The minimum Gasteiger partial charge on any atom is -0.394 e. The van der Waals surface area contributed by atoms with Crippen LogP contribution in [-0.4, -0.2) is 274 Å². The molecule has 63 heavy (non-hydrogen) atoms. The van der Waals surface area contributed by atoms with Crippen LogP contribution in [0.5, 0.6) is 0 Å². The highest BCUT2D eigenvalue weighted by molar-refractivity contribution is 7.89. The zero-order chi connectivity index (χ0) is 45.1. The molecule has 0 fully saturated rings. The largest absolute Gasteiger partial charge is 0.394 e. The zero-order valence-electron chi connectivity index (χ0n) is 37.8. The quantitative estimate of drug-likeness (QED) is 0.0598. The standard InChI is InChI=1S/C40H82O22S/c41-1-3-43-5-7-45-9-11-47-13-15-49-17-19-51-21-23-53-25-27-55-29-31-57-33-35-59-37-39-61-63-62-40-38-60-36-34-58-32-30-56-28-26-54-24-22-52-20-18-50-16-14-48-12-10-46-8-6-44-4-2-42/h41-42H,1-40H2. The second-order valence-corrected chi connectivity index (χ2v) is 12.8. The summed E-state index contributed by atoms with van der Waals surface area (Å²) in [7, 11) is 0. The molecule has 0 aliphatic heterocycles. The lowest BCUT2D eigenvalue weighted by Gasteiger charge is -2.09. The lowest BCUT2D eigenvalue weighted by molar-refractivity contribution is -0.0260. The first-order valence-electron chi connectivity index (χ1n) is 21.9. The summed E-state index contributed by atoms with van der Waals surface area (Å²) in [6, 6.07) is 0. The number of hydrogen-bond acceptors (Lipinski definition) is 23. The molecular formula is C40H82O22S. The third-order valence-corrected chi connectivity index (χ3v) is 7.67. The van der Waals surface area contributed by atoms with Crippen LogP contribution in [0.4, 0.5) is 0 Å². The van der Waals surface area contributed by atoms with Gasteiger partial charge in [-0.25, -0.2) is 0 Å². The minimum absolute atomic E-state index is 0.0183. The van der Waals surface area contributed by atoms with Gasteiger partial charge in [0.05, 0.1) is 264 Å². The molecule has 0 amide bonds. The van der Waals surface area contributed by atoms with Crippen LogP contribution >= 0.6 is 12.3 Å². The highest BCUT2D eigenvalue weighted by Gasteiger charge is 1.99. The van der Waals surface area contributed by atoms with Gasteiger partial charge in [-0.2, -0.15) is 0 Å².